The Kier molecular flexibility index (Phi) is 5.90. The van der Waals surface area contributed by atoms with Crippen molar-refractivity contribution in [3.05, 3.63) is 145 Å². The first-order valence-electron chi connectivity index (χ1n) is 14.6. The number of hydrogen-bond acceptors (Lipinski definition) is 2. The number of pyridine rings is 2. The summed E-state index contributed by atoms with van der Waals surface area (Å²) in [6.07, 6.45) is 2.19. The van der Waals surface area contributed by atoms with Crippen LogP contribution in [0.2, 0.25) is 0 Å². The van der Waals surface area contributed by atoms with Gasteiger partial charge in [-0.25, -0.2) is 9.55 Å². The van der Waals surface area contributed by atoms with Crippen molar-refractivity contribution in [1.82, 2.24) is 4.98 Å². The predicted molar refractivity (Wildman–Crippen MR) is 177 cm³/mol. The van der Waals surface area contributed by atoms with E-state index in [-0.39, 0.29) is 0 Å². The van der Waals surface area contributed by atoms with Crippen molar-refractivity contribution in [3.8, 4) is 44.9 Å². The van der Waals surface area contributed by atoms with Crippen molar-refractivity contribution in [1.29, 1.82) is 0 Å². The highest BCUT2D eigenvalue weighted by molar-refractivity contribution is 6.11. The van der Waals surface area contributed by atoms with E-state index in [0.29, 0.717) is 0 Å². The van der Waals surface area contributed by atoms with Gasteiger partial charge in [-0.2, -0.15) is 0 Å². The number of nitrogens with zero attached hydrogens (tertiary/aromatic N) is 2. The van der Waals surface area contributed by atoms with E-state index in [1.807, 2.05) is 6.07 Å². The Hall–Kier alpha value is -5.54. The largest absolute Gasteiger partial charge is 0.455 e. The standard InChI is InChI=1S/C40H29N2O/c1-26-17-19-33-34-21-30(36-23-32(27-11-5-3-6-12-27)22-35(41-36)28-13-7-4-8-14-28)18-20-38(34)43-40(33)39(26)37-24-29-15-9-10-16-31(29)25-42(37)2/h3-25H,1-2H3/q+1. The van der Waals surface area contributed by atoms with Gasteiger partial charge < -0.3 is 4.42 Å². The second-order valence-corrected chi connectivity index (χ2v) is 11.2. The maximum Gasteiger partial charge on any atom is 0.216 e. The normalized spacial score (nSPS) is 11.5. The zero-order valence-electron chi connectivity index (χ0n) is 24.1. The van der Waals surface area contributed by atoms with Gasteiger partial charge in [0.1, 0.15) is 18.2 Å². The highest BCUT2D eigenvalue weighted by Gasteiger charge is 2.22. The fraction of sp³-hybridized carbons (Fsp3) is 0.0500. The molecule has 3 aromatic heterocycles. The van der Waals surface area contributed by atoms with Gasteiger partial charge in [0.25, 0.3) is 0 Å². The van der Waals surface area contributed by atoms with Crippen molar-refractivity contribution >= 4 is 32.7 Å². The quantitative estimate of drug-likeness (QED) is 0.203. The van der Waals surface area contributed by atoms with E-state index in [2.05, 4.69) is 152 Å². The third-order valence-electron chi connectivity index (χ3n) is 8.40. The van der Waals surface area contributed by atoms with Gasteiger partial charge in [-0.1, -0.05) is 91.0 Å². The Bertz CT molecular complexity index is 2240. The molecule has 0 aliphatic carbocycles. The molecule has 3 heterocycles. The summed E-state index contributed by atoms with van der Waals surface area (Å²) in [5.41, 5.74) is 11.6. The SMILES string of the molecule is Cc1ccc2c(oc3ccc(-c4cc(-c5ccccc5)cc(-c5ccccc5)n4)cc32)c1-c1cc2ccccc2c[n+]1C. The van der Waals surface area contributed by atoms with Gasteiger partial charge in [-0.15, -0.1) is 0 Å². The Balaban J connectivity index is 1.32. The smallest absolute Gasteiger partial charge is 0.216 e. The molecule has 0 unspecified atom stereocenters. The lowest BCUT2D eigenvalue weighted by Crippen LogP contribution is -2.30. The summed E-state index contributed by atoms with van der Waals surface area (Å²) in [7, 11) is 2.11. The molecule has 0 fully saturated rings. The zero-order chi connectivity index (χ0) is 28.9. The molecule has 5 aromatic carbocycles. The molecule has 8 aromatic rings. The molecule has 0 saturated carbocycles. The van der Waals surface area contributed by atoms with Crippen LogP contribution in [0.3, 0.4) is 0 Å². The monoisotopic (exact) mass is 553 g/mol. The third-order valence-corrected chi connectivity index (χ3v) is 8.40. The number of benzene rings is 5. The molecule has 0 saturated heterocycles. The number of hydrogen-bond donors (Lipinski definition) is 0. The molecule has 0 spiro atoms. The Morgan fingerprint density at radius 1 is 0.558 bits per heavy atom. The molecule has 0 aliphatic heterocycles. The average molecular weight is 554 g/mol. The number of aryl methyl sites for hydroxylation is 2. The molecule has 0 radical (unpaired) electrons. The second-order valence-electron chi connectivity index (χ2n) is 11.2. The van der Waals surface area contributed by atoms with Crippen LogP contribution in [0.4, 0.5) is 0 Å². The summed E-state index contributed by atoms with van der Waals surface area (Å²) in [4.78, 5) is 5.16. The van der Waals surface area contributed by atoms with Gasteiger partial charge in [0.15, 0.2) is 6.20 Å². The average Bonchev–Trinajstić information content (AvgIpc) is 3.43. The zero-order valence-corrected chi connectivity index (χ0v) is 24.1. The summed E-state index contributed by atoms with van der Waals surface area (Å²) in [5, 5.41) is 4.62. The summed E-state index contributed by atoms with van der Waals surface area (Å²) >= 11 is 0. The molecule has 204 valence electrons. The van der Waals surface area contributed by atoms with Crippen LogP contribution in [-0.2, 0) is 7.05 Å². The molecular weight excluding hydrogens is 524 g/mol. The molecule has 8 rings (SSSR count). The first kappa shape index (κ1) is 25.2. The van der Waals surface area contributed by atoms with Crippen molar-refractivity contribution in [2.45, 2.75) is 6.92 Å². The molecule has 0 N–H and O–H groups in total. The number of aromatic nitrogens is 2. The summed E-state index contributed by atoms with van der Waals surface area (Å²) in [6, 6.07) is 46.9. The third kappa shape index (κ3) is 4.38. The molecular formula is C40H29N2O+. The number of fused-ring (bicyclic) bond motifs is 4. The molecule has 0 atom stereocenters. The molecule has 0 bridgehead atoms. The van der Waals surface area contributed by atoms with E-state index in [0.717, 1.165) is 61.3 Å². The highest BCUT2D eigenvalue weighted by Crippen LogP contribution is 2.39. The van der Waals surface area contributed by atoms with Gasteiger partial charge in [0, 0.05) is 33.4 Å². The van der Waals surface area contributed by atoms with Crippen LogP contribution in [0.25, 0.3) is 77.6 Å². The van der Waals surface area contributed by atoms with Gasteiger partial charge in [-0.3, -0.25) is 0 Å². The first-order valence-corrected chi connectivity index (χ1v) is 14.6. The molecule has 43 heavy (non-hydrogen) atoms. The topological polar surface area (TPSA) is 29.9 Å². The number of rotatable bonds is 4. The second kappa shape index (κ2) is 10.1. The minimum absolute atomic E-state index is 0.872. The van der Waals surface area contributed by atoms with E-state index in [9.17, 15) is 0 Å². The van der Waals surface area contributed by atoms with Crippen LogP contribution in [0.5, 0.6) is 0 Å². The van der Waals surface area contributed by atoms with E-state index >= 15 is 0 Å². The fourth-order valence-corrected chi connectivity index (χ4v) is 6.18. The van der Waals surface area contributed by atoms with Gasteiger partial charge in [0.05, 0.1) is 17.0 Å². The van der Waals surface area contributed by atoms with Crippen LogP contribution < -0.4 is 4.57 Å². The van der Waals surface area contributed by atoms with Crippen LogP contribution in [-0.4, -0.2) is 4.98 Å². The molecule has 3 nitrogen and oxygen atoms in total. The minimum Gasteiger partial charge on any atom is -0.455 e. The summed E-state index contributed by atoms with van der Waals surface area (Å²) in [5.74, 6) is 0. The predicted octanol–water partition coefficient (Wildman–Crippen LogP) is 9.94. The van der Waals surface area contributed by atoms with Crippen molar-refractivity contribution in [2.24, 2.45) is 7.05 Å². The summed E-state index contributed by atoms with van der Waals surface area (Å²) < 4.78 is 8.83. The maximum atomic E-state index is 6.63. The van der Waals surface area contributed by atoms with Crippen LogP contribution >= 0.6 is 0 Å². The van der Waals surface area contributed by atoms with E-state index in [1.165, 1.54) is 21.9 Å². The highest BCUT2D eigenvalue weighted by atomic mass is 16.3. The Morgan fingerprint density at radius 3 is 2.00 bits per heavy atom. The maximum absolute atomic E-state index is 6.63. The van der Waals surface area contributed by atoms with Gasteiger partial charge in [-0.05, 0) is 65.4 Å². The van der Waals surface area contributed by atoms with E-state index < -0.39 is 0 Å². The lowest BCUT2D eigenvalue weighted by atomic mass is 9.97. The minimum atomic E-state index is 0.872. The lowest BCUT2D eigenvalue weighted by molar-refractivity contribution is -0.659. The Labute approximate surface area is 250 Å². The summed E-state index contributed by atoms with van der Waals surface area (Å²) in [6.45, 7) is 2.16. The van der Waals surface area contributed by atoms with Crippen LogP contribution in [0, 0.1) is 6.92 Å². The van der Waals surface area contributed by atoms with Crippen LogP contribution in [0.1, 0.15) is 5.56 Å². The van der Waals surface area contributed by atoms with Crippen LogP contribution in [0.15, 0.2) is 144 Å². The van der Waals surface area contributed by atoms with Crippen molar-refractivity contribution < 1.29 is 8.98 Å². The molecule has 0 amide bonds. The first-order chi connectivity index (χ1) is 21.1. The van der Waals surface area contributed by atoms with E-state index in [4.69, 9.17) is 9.40 Å². The fourth-order valence-electron chi connectivity index (χ4n) is 6.18. The van der Waals surface area contributed by atoms with Crippen molar-refractivity contribution in [2.75, 3.05) is 0 Å². The molecule has 3 heteroatoms. The molecule has 0 aliphatic rings. The Morgan fingerprint density at radius 2 is 1.23 bits per heavy atom. The van der Waals surface area contributed by atoms with E-state index in [1.54, 1.807) is 0 Å². The lowest BCUT2D eigenvalue weighted by Gasteiger charge is -2.10. The van der Waals surface area contributed by atoms with Gasteiger partial charge in [0.2, 0.25) is 5.69 Å². The van der Waals surface area contributed by atoms with Gasteiger partial charge >= 0.3 is 0 Å². The number of furan rings is 1. The van der Waals surface area contributed by atoms with Crippen molar-refractivity contribution in [3.63, 3.8) is 0 Å².